The summed E-state index contributed by atoms with van der Waals surface area (Å²) in [5, 5.41) is 3.44. The first-order valence-corrected chi connectivity index (χ1v) is 7.77. The van der Waals surface area contributed by atoms with Gasteiger partial charge in [-0.3, -0.25) is 4.79 Å². The first kappa shape index (κ1) is 15.2. The molecule has 1 N–H and O–H groups in total. The summed E-state index contributed by atoms with van der Waals surface area (Å²) in [4.78, 5) is 12.7. The fourth-order valence-corrected chi connectivity index (χ4v) is 3.41. The summed E-state index contributed by atoms with van der Waals surface area (Å²) >= 11 is 0. The van der Waals surface area contributed by atoms with E-state index >= 15 is 0 Å². The van der Waals surface area contributed by atoms with E-state index in [0.717, 1.165) is 24.0 Å². The van der Waals surface area contributed by atoms with Gasteiger partial charge in [-0.25, -0.2) is 0 Å². The Bertz CT molecular complexity index is 498. The Kier molecular flexibility index (Phi) is 4.64. The van der Waals surface area contributed by atoms with Gasteiger partial charge < -0.3 is 5.32 Å². The fraction of sp³-hybridized carbons (Fsp3) is 0.611. The first-order chi connectivity index (χ1) is 9.47. The molecule has 0 aliphatic heterocycles. The van der Waals surface area contributed by atoms with Gasteiger partial charge in [0.1, 0.15) is 0 Å². The lowest BCUT2D eigenvalue weighted by Crippen LogP contribution is -2.46. The third kappa shape index (κ3) is 3.12. The Labute approximate surface area is 123 Å². The van der Waals surface area contributed by atoms with E-state index in [4.69, 9.17) is 0 Å². The summed E-state index contributed by atoms with van der Waals surface area (Å²) in [6, 6.07) is 4.20. The lowest BCUT2D eigenvalue weighted by molar-refractivity contribution is 0.0914. The molecule has 0 amide bonds. The fourth-order valence-electron chi connectivity index (χ4n) is 3.41. The molecule has 1 saturated carbocycles. The van der Waals surface area contributed by atoms with E-state index in [9.17, 15) is 4.79 Å². The molecule has 0 saturated heterocycles. The number of benzene rings is 1. The largest absolute Gasteiger partial charge is 0.314 e. The van der Waals surface area contributed by atoms with E-state index in [-0.39, 0.29) is 5.54 Å². The van der Waals surface area contributed by atoms with Crippen LogP contribution in [0.2, 0.25) is 0 Å². The maximum Gasteiger partial charge on any atom is 0.164 e. The highest BCUT2D eigenvalue weighted by molar-refractivity contribution is 5.98. The minimum atomic E-state index is 0.0283. The topological polar surface area (TPSA) is 29.1 Å². The Morgan fingerprint density at radius 3 is 2.25 bits per heavy atom. The molecule has 1 fully saturated rings. The summed E-state index contributed by atoms with van der Waals surface area (Å²) in [5.74, 6) is 0.293. The molecule has 2 rings (SSSR count). The highest BCUT2D eigenvalue weighted by atomic mass is 16.1. The van der Waals surface area contributed by atoms with Gasteiger partial charge in [0.2, 0.25) is 0 Å². The van der Waals surface area contributed by atoms with Crippen LogP contribution in [0.15, 0.2) is 12.1 Å². The standard InChI is InChI=1S/C18H27NO/c1-13-10-15(3)16(11-14(13)2)17(20)12-18(19-4)8-6-5-7-9-18/h10-11,19H,5-9,12H2,1-4H3. The predicted octanol–water partition coefficient (Wildman–Crippen LogP) is 4.11. The lowest BCUT2D eigenvalue weighted by Gasteiger charge is -2.36. The highest BCUT2D eigenvalue weighted by Crippen LogP contribution is 2.32. The molecule has 20 heavy (non-hydrogen) atoms. The van der Waals surface area contributed by atoms with Crippen molar-refractivity contribution >= 4 is 5.78 Å². The zero-order valence-electron chi connectivity index (χ0n) is 13.3. The van der Waals surface area contributed by atoms with Crippen LogP contribution < -0.4 is 5.32 Å². The number of hydrogen-bond acceptors (Lipinski definition) is 2. The van der Waals surface area contributed by atoms with Crippen molar-refractivity contribution in [3.63, 3.8) is 0 Å². The Balaban J connectivity index is 2.21. The van der Waals surface area contributed by atoms with E-state index in [1.807, 2.05) is 14.0 Å². The highest BCUT2D eigenvalue weighted by Gasteiger charge is 2.33. The van der Waals surface area contributed by atoms with Gasteiger partial charge in [0.15, 0.2) is 5.78 Å². The van der Waals surface area contributed by atoms with Gasteiger partial charge in [-0.1, -0.05) is 25.3 Å². The smallest absolute Gasteiger partial charge is 0.164 e. The van der Waals surface area contributed by atoms with E-state index in [1.54, 1.807) is 0 Å². The SMILES string of the molecule is CNC1(CC(=O)c2cc(C)c(C)cc2C)CCCCC1. The van der Waals surface area contributed by atoms with Crippen LogP contribution in [0, 0.1) is 20.8 Å². The third-order valence-corrected chi connectivity index (χ3v) is 4.98. The number of nitrogens with one attached hydrogen (secondary N) is 1. The second-order valence-corrected chi connectivity index (χ2v) is 6.44. The Hall–Kier alpha value is -1.15. The van der Waals surface area contributed by atoms with Crippen LogP contribution in [0.1, 0.15) is 65.6 Å². The van der Waals surface area contributed by atoms with Gasteiger partial charge in [0.25, 0.3) is 0 Å². The van der Waals surface area contributed by atoms with Crippen molar-refractivity contribution < 1.29 is 4.79 Å². The molecule has 0 spiro atoms. The molecule has 0 aromatic heterocycles. The molecule has 2 nitrogen and oxygen atoms in total. The summed E-state index contributed by atoms with van der Waals surface area (Å²) in [6.45, 7) is 6.24. The maximum absolute atomic E-state index is 12.7. The van der Waals surface area contributed by atoms with Crippen LogP contribution in [0.3, 0.4) is 0 Å². The van der Waals surface area contributed by atoms with Crippen molar-refractivity contribution in [1.29, 1.82) is 0 Å². The lowest BCUT2D eigenvalue weighted by atomic mass is 9.77. The van der Waals surface area contributed by atoms with Gasteiger partial charge in [0, 0.05) is 17.5 Å². The number of carbonyl (C=O) groups excluding carboxylic acids is 1. The van der Waals surface area contributed by atoms with Gasteiger partial charge >= 0.3 is 0 Å². The summed E-state index contributed by atoms with van der Waals surface area (Å²) in [7, 11) is 2.01. The van der Waals surface area contributed by atoms with Crippen LogP contribution in [0.4, 0.5) is 0 Å². The molecule has 1 aromatic carbocycles. The summed E-state index contributed by atoms with van der Waals surface area (Å²) < 4.78 is 0. The number of ketones is 1. The van der Waals surface area contributed by atoms with E-state index in [1.165, 1.54) is 30.4 Å². The summed E-state index contributed by atoms with van der Waals surface area (Å²) in [6.07, 6.45) is 6.66. The first-order valence-electron chi connectivity index (χ1n) is 7.77. The van der Waals surface area contributed by atoms with E-state index in [0.29, 0.717) is 12.2 Å². The molecule has 2 heteroatoms. The zero-order valence-corrected chi connectivity index (χ0v) is 13.3. The van der Waals surface area contributed by atoms with E-state index < -0.39 is 0 Å². The van der Waals surface area contributed by atoms with Crippen molar-refractivity contribution in [2.24, 2.45) is 0 Å². The second kappa shape index (κ2) is 6.09. The normalized spacial score (nSPS) is 18.0. The predicted molar refractivity (Wildman–Crippen MR) is 84.5 cm³/mol. The molecule has 0 unspecified atom stereocenters. The molecular formula is C18H27NO. The molecule has 1 aliphatic carbocycles. The Morgan fingerprint density at radius 2 is 1.65 bits per heavy atom. The number of aryl methyl sites for hydroxylation is 3. The molecule has 0 radical (unpaired) electrons. The second-order valence-electron chi connectivity index (χ2n) is 6.44. The van der Waals surface area contributed by atoms with Gasteiger partial charge in [0.05, 0.1) is 0 Å². The minimum Gasteiger partial charge on any atom is -0.314 e. The maximum atomic E-state index is 12.7. The zero-order chi connectivity index (χ0) is 14.8. The number of hydrogen-bond donors (Lipinski definition) is 1. The molecule has 1 aromatic rings. The van der Waals surface area contributed by atoms with Crippen LogP contribution in [-0.2, 0) is 0 Å². The molecule has 0 atom stereocenters. The summed E-state index contributed by atoms with van der Waals surface area (Å²) in [5.41, 5.74) is 4.52. The van der Waals surface area contributed by atoms with Crippen molar-refractivity contribution in [3.05, 3.63) is 34.4 Å². The minimum absolute atomic E-state index is 0.0283. The van der Waals surface area contributed by atoms with Crippen molar-refractivity contribution in [1.82, 2.24) is 5.32 Å². The van der Waals surface area contributed by atoms with Crippen LogP contribution in [0.25, 0.3) is 0 Å². The average molecular weight is 273 g/mol. The van der Waals surface area contributed by atoms with Crippen molar-refractivity contribution in [2.75, 3.05) is 7.05 Å². The quantitative estimate of drug-likeness (QED) is 0.837. The number of rotatable bonds is 4. The van der Waals surface area contributed by atoms with E-state index in [2.05, 4.69) is 31.3 Å². The molecule has 0 heterocycles. The molecule has 0 bridgehead atoms. The molecule has 110 valence electrons. The molecular weight excluding hydrogens is 246 g/mol. The average Bonchev–Trinajstić information content (AvgIpc) is 2.43. The molecule has 1 aliphatic rings. The monoisotopic (exact) mass is 273 g/mol. The number of Topliss-reactive ketones (excluding diaryl/α,β-unsaturated/α-hetero) is 1. The van der Waals surface area contributed by atoms with Crippen molar-refractivity contribution in [2.45, 2.75) is 64.8 Å². The Morgan fingerprint density at radius 1 is 1.05 bits per heavy atom. The van der Waals surface area contributed by atoms with Gasteiger partial charge in [-0.05, 0) is 63.4 Å². The number of carbonyl (C=O) groups is 1. The van der Waals surface area contributed by atoms with Crippen LogP contribution in [0.5, 0.6) is 0 Å². The van der Waals surface area contributed by atoms with Gasteiger partial charge in [-0.15, -0.1) is 0 Å². The van der Waals surface area contributed by atoms with Gasteiger partial charge in [-0.2, -0.15) is 0 Å². The van der Waals surface area contributed by atoms with Crippen molar-refractivity contribution in [3.8, 4) is 0 Å². The van der Waals surface area contributed by atoms with Crippen LogP contribution in [-0.4, -0.2) is 18.4 Å². The van der Waals surface area contributed by atoms with Crippen LogP contribution >= 0.6 is 0 Å². The third-order valence-electron chi connectivity index (χ3n) is 4.98.